The van der Waals surface area contributed by atoms with Gasteiger partial charge < -0.3 is 20.4 Å². The number of rotatable bonds is 4. The van der Waals surface area contributed by atoms with Gasteiger partial charge in [0.2, 0.25) is 5.91 Å². The van der Waals surface area contributed by atoms with E-state index in [-0.39, 0.29) is 28.7 Å². The molecule has 0 aliphatic carbocycles. The zero-order chi connectivity index (χ0) is 28.2. The van der Waals surface area contributed by atoms with E-state index in [1.807, 2.05) is 0 Å². The second-order valence-corrected chi connectivity index (χ2v) is 9.41. The minimum absolute atomic E-state index is 0.0207. The number of fused-ring (bicyclic) bond motifs is 4. The van der Waals surface area contributed by atoms with Crippen molar-refractivity contribution in [2.45, 2.75) is 31.7 Å². The molecule has 14 heteroatoms. The van der Waals surface area contributed by atoms with Crippen LogP contribution in [0.25, 0.3) is 16.9 Å². The van der Waals surface area contributed by atoms with Crippen LogP contribution in [0.2, 0.25) is 5.02 Å². The molecule has 1 atom stereocenters. The molecule has 12 nitrogen and oxygen atoms in total. The average Bonchev–Trinajstić information content (AvgIpc) is 3.62. The fraction of sp³-hybridized carbons (Fsp3) is 0.231. The number of nitrogens with zero attached hydrogens (tertiary/aromatic N) is 4. The second-order valence-electron chi connectivity index (χ2n) is 9.00. The summed E-state index contributed by atoms with van der Waals surface area (Å²) in [6, 6.07) is 8.94. The number of halogens is 2. The Morgan fingerprint density at radius 1 is 1.23 bits per heavy atom. The number of benzene rings is 2. The number of aromatic amines is 1. The predicted molar refractivity (Wildman–Crippen MR) is 144 cm³/mol. The SMILES string of the molecule is COC(=O)Nc1ccc2c(c1)NC(=O)CCCCC(NC(=O)c1cn(-c3cccc(Cl)c3F)nn1)c1ncc-2[nH]1. The molecule has 0 fully saturated rings. The van der Waals surface area contributed by atoms with Gasteiger partial charge in [0, 0.05) is 17.7 Å². The molecule has 4 N–H and O–H groups in total. The Hall–Kier alpha value is -4.78. The number of imidazole rings is 1. The maximum Gasteiger partial charge on any atom is 0.411 e. The monoisotopic (exact) mass is 566 g/mol. The molecular weight excluding hydrogens is 543 g/mol. The molecule has 206 valence electrons. The number of H-pyrrole nitrogens is 1. The van der Waals surface area contributed by atoms with Gasteiger partial charge in [0.25, 0.3) is 5.91 Å². The summed E-state index contributed by atoms with van der Waals surface area (Å²) >= 11 is 5.86. The number of ether oxygens (including phenoxy) is 1. The van der Waals surface area contributed by atoms with E-state index in [0.717, 1.165) is 4.68 Å². The Labute approximate surface area is 232 Å². The largest absolute Gasteiger partial charge is 0.453 e. The van der Waals surface area contributed by atoms with Crippen molar-refractivity contribution in [1.29, 1.82) is 0 Å². The van der Waals surface area contributed by atoms with Gasteiger partial charge in [-0.15, -0.1) is 5.10 Å². The van der Waals surface area contributed by atoms with E-state index in [9.17, 15) is 18.8 Å². The van der Waals surface area contributed by atoms with Gasteiger partial charge in [-0.2, -0.15) is 0 Å². The van der Waals surface area contributed by atoms with Crippen LogP contribution in [-0.2, 0) is 9.53 Å². The highest BCUT2D eigenvalue weighted by atomic mass is 35.5. The molecule has 40 heavy (non-hydrogen) atoms. The molecule has 2 aromatic carbocycles. The molecule has 0 radical (unpaired) electrons. The van der Waals surface area contributed by atoms with Crippen LogP contribution in [0.4, 0.5) is 20.6 Å². The Kier molecular flexibility index (Phi) is 7.73. The highest BCUT2D eigenvalue weighted by Crippen LogP contribution is 2.32. The molecule has 3 amide bonds. The van der Waals surface area contributed by atoms with E-state index >= 15 is 0 Å². The van der Waals surface area contributed by atoms with Crippen LogP contribution in [0.3, 0.4) is 0 Å². The summed E-state index contributed by atoms with van der Waals surface area (Å²) in [7, 11) is 1.26. The Balaban J connectivity index is 1.40. The maximum absolute atomic E-state index is 14.4. The summed E-state index contributed by atoms with van der Waals surface area (Å²) in [6.07, 6.45) is 4.21. The smallest absolute Gasteiger partial charge is 0.411 e. The van der Waals surface area contributed by atoms with Crippen molar-refractivity contribution >= 4 is 40.9 Å². The van der Waals surface area contributed by atoms with E-state index in [4.69, 9.17) is 11.6 Å². The zero-order valence-corrected chi connectivity index (χ0v) is 22.0. The third-order valence-corrected chi connectivity index (χ3v) is 6.59. The number of hydrogen-bond donors (Lipinski definition) is 4. The summed E-state index contributed by atoms with van der Waals surface area (Å²) < 4.78 is 20.2. The van der Waals surface area contributed by atoms with Gasteiger partial charge >= 0.3 is 6.09 Å². The number of amides is 3. The topological polar surface area (TPSA) is 156 Å². The van der Waals surface area contributed by atoms with E-state index in [1.54, 1.807) is 30.5 Å². The lowest BCUT2D eigenvalue weighted by Crippen LogP contribution is -2.29. The van der Waals surface area contributed by atoms with Crippen molar-refractivity contribution < 1.29 is 23.5 Å². The van der Waals surface area contributed by atoms with Crippen molar-refractivity contribution in [2.75, 3.05) is 17.7 Å². The van der Waals surface area contributed by atoms with Crippen LogP contribution < -0.4 is 16.0 Å². The number of aromatic nitrogens is 5. The maximum atomic E-state index is 14.4. The lowest BCUT2D eigenvalue weighted by atomic mass is 10.1. The van der Waals surface area contributed by atoms with Crippen LogP contribution in [0.15, 0.2) is 48.8 Å². The van der Waals surface area contributed by atoms with Crippen LogP contribution in [0.1, 0.15) is 48.0 Å². The minimum atomic E-state index is -0.680. The van der Waals surface area contributed by atoms with Crippen LogP contribution in [-0.4, -0.2) is 50.0 Å². The number of hydrogen-bond acceptors (Lipinski definition) is 7. The van der Waals surface area contributed by atoms with Crippen LogP contribution in [0, 0.1) is 5.82 Å². The molecule has 1 aliphatic heterocycles. The Bertz CT molecular complexity index is 1590. The molecule has 4 aromatic rings. The first-order valence-corrected chi connectivity index (χ1v) is 12.7. The lowest BCUT2D eigenvalue weighted by Gasteiger charge is -2.17. The van der Waals surface area contributed by atoms with Gasteiger partial charge in [0.1, 0.15) is 11.5 Å². The molecule has 5 rings (SSSR count). The number of nitrogens with one attached hydrogen (secondary N) is 4. The summed E-state index contributed by atoms with van der Waals surface area (Å²) in [5.74, 6) is -0.894. The molecule has 1 aliphatic rings. The number of anilines is 2. The third-order valence-electron chi connectivity index (χ3n) is 6.30. The number of carbonyl (C=O) groups is 3. The Morgan fingerprint density at radius 3 is 2.90 bits per heavy atom. The normalized spacial score (nSPS) is 15.2. The summed E-state index contributed by atoms with van der Waals surface area (Å²) in [5.41, 5.74) is 2.18. The van der Waals surface area contributed by atoms with Gasteiger partial charge in [-0.3, -0.25) is 14.9 Å². The third kappa shape index (κ3) is 5.78. The standard InChI is InChI=1S/C26H24ClFN8O4/c1-40-26(39)30-14-9-10-15-18(11-14)31-22(37)8-3-2-6-17(24-29-12-19(15)32-24)33-25(38)20-13-36(35-34-20)21-7-4-5-16(27)23(21)28/h4-5,7,9-13,17H,2-3,6,8H2,1H3,(H,29,32)(H,30,39)(H,31,37)(H,33,38). The summed E-state index contributed by atoms with van der Waals surface area (Å²) in [5, 5.41) is 16.1. The summed E-state index contributed by atoms with van der Waals surface area (Å²) in [6.45, 7) is 0. The second kappa shape index (κ2) is 11.5. The highest BCUT2D eigenvalue weighted by Gasteiger charge is 2.23. The van der Waals surface area contributed by atoms with Gasteiger partial charge in [0.15, 0.2) is 11.5 Å². The quantitative estimate of drug-likeness (QED) is 0.281. The predicted octanol–water partition coefficient (Wildman–Crippen LogP) is 4.61. The van der Waals surface area contributed by atoms with Crippen molar-refractivity contribution in [3.8, 4) is 16.9 Å². The molecule has 0 saturated heterocycles. The molecule has 0 saturated carbocycles. The van der Waals surface area contributed by atoms with Crippen molar-refractivity contribution in [1.82, 2.24) is 30.3 Å². The van der Waals surface area contributed by atoms with Crippen LogP contribution in [0.5, 0.6) is 0 Å². The van der Waals surface area contributed by atoms with E-state index < -0.39 is 23.9 Å². The average molecular weight is 567 g/mol. The molecule has 3 heterocycles. The minimum Gasteiger partial charge on any atom is -0.453 e. The molecule has 2 bridgehead atoms. The molecule has 0 spiro atoms. The van der Waals surface area contributed by atoms with Crippen molar-refractivity contribution in [2.24, 2.45) is 0 Å². The van der Waals surface area contributed by atoms with Crippen molar-refractivity contribution in [3.63, 3.8) is 0 Å². The first-order chi connectivity index (χ1) is 19.3. The zero-order valence-electron chi connectivity index (χ0n) is 21.2. The first-order valence-electron chi connectivity index (χ1n) is 12.3. The highest BCUT2D eigenvalue weighted by molar-refractivity contribution is 6.30. The van der Waals surface area contributed by atoms with E-state index in [2.05, 4.69) is 41.0 Å². The summed E-state index contributed by atoms with van der Waals surface area (Å²) in [4.78, 5) is 45.1. The van der Waals surface area contributed by atoms with E-state index in [1.165, 1.54) is 25.4 Å². The molecular formula is C26H24ClFN8O4. The van der Waals surface area contributed by atoms with Crippen molar-refractivity contribution in [3.05, 3.63) is 71.2 Å². The number of methoxy groups -OCH3 is 1. The Morgan fingerprint density at radius 2 is 2.08 bits per heavy atom. The molecule has 1 unspecified atom stereocenters. The van der Waals surface area contributed by atoms with Gasteiger partial charge in [-0.25, -0.2) is 18.9 Å². The van der Waals surface area contributed by atoms with Gasteiger partial charge in [-0.1, -0.05) is 29.3 Å². The van der Waals surface area contributed by atoms with Crippen LogP contribution >= 0.6 is 11.6 Å². The fourth-order valence-corrected chi connectivity index (χ4v) is 4.46. The fourth-order valence-electron chi connectivity index (χ4n) is 4.29. The molecule has 2 aromatic heterocycles. The first kappa shape index (κ1) is 26.8. The van der Waals surface area contributed by atoms with Gasteiger partial charge in [0.05, 0.1) is 41.9 Å². The lowest BCUT2D eigenvalue weighted by molar-refractivity contribution is -0.116. The van der Waals surface area contributed by atoms with E-state index in [0.29, 0.717) is 47.7 Å². The number of carbonyl (C=O) groups excluding carboxylic acids is 3. The van der Waals surface area contributed by atoms with Gasteiger partial charge in [-0.05, 0) is 43.2 Å².